The summed E-state index contributed by atoms with van der Waals surface area (Å²) in [7, 11) is 1.69. The Hall–Kier alpha value is -1.79. The SMILES string of the molecule is CCC1Oc2c(C(=O)NC3CN4CCC3CC4)cc(Cl)cc2N(C)C1=O. The van der Waals surface area contributed by atoms with E-state index in [2.05, 4.69) is 10.2 Å². The molecule has 4 aliphatic rings. The van der Waals surface area contributed by atoms with Gasteiger partial charge in [0.2, 0.25) is 0 Å². The minimum Gasteiger partial charge on any atom is -0.478 e. The molecule has 3 saturated heterocycles. The van der Waals surface area contributed by atoms with Gasteiger partial charge in [0.15, 0.2) is 11.9 Å². The molecular weight excluding hydrogens is 354 g/mol. The third-order valence-electron chi connectivity index (χ3n) is 5.85. The number of nitrogens with one attached hydrogen (secondary N) is 1. The summed E-state index contributed by atoms with van der Waals surface area (Å²) in [6.07, 6.45) is 2.23. The van der Waals surface area contributed by atoms with E-state index in [0.29, 0.717) is 34.4 Å². The molecule has 1 aromatic carbocycles. The molecule has 2 atom stereocenters. The fourth-order valence-corrected chi connectivity index (χ4v) is 4.49. The molecule has 1 aromatic rings. The summed E-state index contributed by atoms with van der Waals surface area (Å²) in [4.78, 5) is 29.3. The van der Waals surface area contributed by atoms with Gasteiger partial charge in [-0.05, 0) is 50.4 Å². The first-order valence-electron chi connectivity index (χ1n) is 9.29. The number of carbonyl (C=O) groups is 2. The summed E-state index contributed by atoms with van der Waals surface area (Å²) in [6, 6.07) is 3.46. The Morgan fingerprint density at radius 1 is 1.35 bits per heavy atom. The molecule has 4 heterocycles. The Labute approximate surface area is 158 Å². The predicted octanol–water partition coefficient (Wildman–Crippen LogP) is 2.30. The van der Waals surface area contributed by atoms with Gasteiger partial charge in [-0.15, -0.1) is 0 Å². The van der Waals surface area contributed by atoms with Crippen LogP contribution in [0.5, 0.6) is 5.75 Å². The van der Waals surface area contributed by atoms with Crippen LogP contribution >= 0.6 is 11.6 Å². The maximum atomic E-state index is 13.0. The smallest absolute Gasteiger partial charge is 0.267 e. The van der Waals surface area contributed by atoms with Crippen LogP contribution in [-0.2, 0) is 4.79 Å². The van der Waals surface area contributed by atoms with Gasteiger partial charge in [-0.3, -0.25) is 9.59 Å². The van der Waals surface area contributed by atoms with Crippen LogP contribution in [0.2, 0.25) is 5.02 Å². The Kier molecular flexibility index (Phi) is 4.57. The molecule has 2 bridgehead atoms. The number of rotatable bonds is 3. The number of piperidine rings is 3. The van der Waals surface area contributed by atoms with Crippen molar-refractivity contribution in [2.45, 2.75) is 38.3 Å². The highest BCUT2D eigenvalue weighted by molar-refractivity contribution is 6.31. The van der Waals surface area contributed by atoms with E-state index in [1.807, 2.05) is 6.92 Å². The van der Waals surface area contributed by atoms with Gasteiger partial charge in [-0.1, -0.05) is 18.5 Å². The largest absolute Gasteiger partial charge is 0.478 e. The molecule has 4 aliphatic heterocycles. The number of carbonyl (C=O) groups excluding carboxylic acids is 2. The van der Waals surface area contributed by atoms with Crippen molar-refractivity contribution >= 4 is 29.1 Å². The van der Waals surface area contributed by atoms with Gasteiger partial charge in [-0.25, -0.2) is 0 Å². The van der Waals surface area contributed by atoms with Crippen molar-refractivity contribution < 1.29 is 14.3 Å². The summed E-state index contributed by atoms with van der Waals surface area (Å²) in [5.74, 6) is 0.681. The highest BCUT2D eigenvalue weighted by Gasteiger charge is 2.37. The fraction of sp³-hybridized carbons (Fsp3) is 0.579. The number of ether oxygens (including phenoxy) is 1. The van der Waals surface area contributed by atoms with E-state index in [1.165, 1.54) is 4.90 Å². The third-order valence-corrected chi connectivity index (χ3v) is 6.07. The first kappa shape index (κ1) is 17.6. The van der Waals surface area contributed by atoms with Crippen molar-refractivity contribution in [1.29, 1.82) is 0 Å². The van der Waals surface area contributed by atoms with E-state index in [1.54, 1.807) is 19.2 Å². The molecule has 2 unspecified atom stereocenters. The van der Waals surface area contributed by atoms with Crippen molar-refractivity contribution in [2.75, 3.05) is 31.6 Å². The number of benzene rings is 1. The van der Waals surface area contributed by atoms with E-state index in [9.17, 15) is 9.59 Å². The van der Waals surface area contributed by atoms with Gasteiger partial charge in [0.05, 0.1) is 11.3 Å². The maximum Gasteiger partial charge on any atom is 0.267 e. The predicted molar refractivity (Wildman–Crippen MR) is 100.0 cm³/mol. The molecule has 0 aliphatic carbocycles. The summed E-state index contributed by atoms with van der Waals surface area (Å²) >= 11 is 6.23. The third kappa shape index (κ3) is 2.95. The summed E-state index contributed by atoms with van der Waals surface area (Å²) in [6.45, 7) is 5.04. The first-order chi connectivity index (χ1) is 12.5. The lowest BCUT2D eigenvalue weighted by Gasteiger charge is -2.45. The number of anilines is 1. The molecule has 1 N–H and O–H groups in total. The zero-order valence-electron chi connectivity index (χ0n) is 15.1. The quantitative estimate of drug-likeness (QED) is 0.878. The lowest BCUT2D eigenvalue weighted by molar-refractivity contribution is -0.126. The molecule has 0 aromatic heterocycles. The molecule has 7 heteroatoms. The normalized spacial score (nSPS) is 30.0. The van der Waals surface area contributed by atoms with E-state index in [4.69, 9.17) is 16.3 Å². The number of hydrogen-bond acceptors (Lipinski definition) is 4. The van der Waals surface area contributed by atoms with Gasteiger partial charge in [0, 0.05) is 24.7 Å². The van der Waals surface area contributed by atoms with Crippen LogP contribution in [0, 0.1) is 5.92 Å². The Bertz CT molecular complexity index is 746. The van der Waals surface area contributed by atoms with Crippen molar-refractivity contribution in [3.05, 3.63) is 22.7 Å². The molecule has 0 radical (unpaired) electrons. The second-order valence-corrected chi connectivity index (χ2v) is 7.87. The van der Waals surface area contributed by atoms with E-state index >= 15 is 0 Å². The highest BCUT2D eigenvalue weighted by Crippen LogP contribution is 2.40. The summed E-state index contributed by atoms with van der Waals surface area (Å²) in [5.41, 5.74) is 0.952. The molecule has 26 heavy (non-hydrogen) atoms. The maximum absolute atomic E-state index is 13.0. The van der Waals surface area contributed by atoms with Crippen LogP contribution in [0.1, 0.15) is 36.5 Å². The van der Waals surface area contributed by atoms with E-state index in [0.717, 1.165) is 32.5 Å². The van der Waals surface area contributed by atoms with Crippen molar-refractivity contribution in [3.8, 4) is 5.75 Å². The number of amides is 2. The van der Waals surface area contributed by atoms with Crippen LogP contribution < -0.4 is 15.0 Å². The molecule has 140 valence electrons. The van der Waals surface area contributed by atoms with Crippen LogP contribution in [0.3, 0.4) is 0 Å². The van der Waals surface area contributed by atoms with Crippen molar-refractivity contribution in [3.63, 3.8) is 0 Å². The first-order valence-corrected chi connectivity index (χ1v) is 9.66. The minimum absolute atomic E-state index is 0.119. The number of halogens is 1. The summed E-state index contributed by atoms with van der Waals surface area (Å²) < 4.78 is 5.90. The average molecular weight is 378 g/mol. The molecule has 5 rings (SSSR count). The number of fused-ring (bicyclic) bond motifs is 4. The second-order valence-electron chi connectivity index (χ2n) is 7.43. The molecule has 2 amide bonds. The summed E-state index contributed by atoms with van der Waals surface area (Å²) in [5, 5.41) is 3.60. The van der Waals surface area contributed by atoms with Crippen LogP contribution in [0.15, 0.2) is 12.1 Å². The monoisotopic (exact) mass is 377 g/mol. The topological polar surface area (TPSA) is 61.9 Å². The highest BCUT2D eigenvalue weighted by atomic mass is 35.5. The van der Waals surface area contributed by atoms with Crippen LogP contribution in [-0.4, -0.2) is 55.5 Å². The molecule has 0 spiro atoms. The zero-order chi connectivity index (χ0) is 18.4. The minimum atomic E-state index is -0.572. The molecule has 0 saturated carbocycles. The Morgan fingerprint density at radius 2 is 2.08 bits per heavy atom. The average Bonchev–Trinajstić information content (AvgIpc) is 2.65. The van der Waals surface area contributed by atoms with E-state index in [-0.39, 0.29) is 17.9 Å². The zero-order valence-corrected chi connectivity index (χ0v) is 15.9. The van der Waals surface area contributed by atoms with Gasteiger partial charge in [-0.2, -0.15) is 0 Å². The van der Waals surface area contributed by atoms with Crippen LogP contribution in [0.25, 0.3) is 0 Å². The molecular formula is C19H24ClN3O3. The van der Waals surface area contributed by atoms with Gasteiger partial charge in [0.25, 0.3) is 11.8 Å². The Balaban J connectivity index is 1.63. The molecule has 3 fully saturated rings. The number of hydrogen-bond donors (Lipinski definition) is 1. The van der Waals surface area contributed by atoms with Gasteiger partial charge < -0.3 is 19.9 Å². The second kappa shape index (κ2) is 6.74. The Morgan fingerprint density at radius 3 is 2.69 bits per heavy atom. The standard InChI is InChI=1S/C19H24ClN3O3/c1-3-16-19(25)22(2)15-9-12(20)8-13(17(15)26-16)18(24)21-14-10-23-6-4-11(14)5-7-23/h8-9,11,14,16H,3-7,10H2,1-2H3,(H,21,24). The number of nitrogens with zero attached hydrogens (tertiary/aromatic N) is 2. The molecule has 6 nitrogen and oxygen atoms in total. The van der Waals surface area contributed by atoms with Gasteiger partial charge >= 0.3 is 0 Å². The van der Waals surface area contributed by atoms with Crippen molar-refractivity contribution in [1.82, 2.24) is 10.2 Å². The van der Waals surface area contributed by atoms with Crippen LogP contribution in [0.4, 0.5) is 5.69 Å². The lowest BCUT2D eigenvalue weighted by atomic mass is 9.84. The van der Waals surface area contributed by atoms with E-state index < -0.39 is 6.10 Å². The lowest BCUT2D eigenvalue weighted by Crippen LogP contribution is -2.57. The fourth-order valence-electron chi connectivity index (χ4n) is 4.28. The van der Waals surface area contributed by atoms with Crippen molar-refractivity contribution in [2.24, 2.45) is 5.92 Å². The number of likely N-dealkylation sites (N-methyl/N-ethyl adjacent to an activating group) is 1. The van der Waals surface area contributed by atoms with Gasteiger partial charge in [0.1, 0.15) is 0 Å².